The second-order valence-electron chi connectivity index (χ2n) is 5.41. The van der Waals surface area contributed by atoms with Gasteiger partial charge in [0.15, 0.2) is 0 Å². The molecule has 0 radical (unpaired) electrons. The first kappa shape index (κ1) is 15.6. The zero-order valence-electron chi connectivity index (χ0n) is 13.1. The van der Waals surface area contributed by atoms with Gasteiger partial charge >= 0.3 is 0 Å². The third-order valence-electron chi connectivity index (χ3n) is 3.84. The lowest BCUT2D eigenvalue weighted by molar-refractivity contribution is 0.0383. The summed E-state index contributed by atoms with van der Waals surface area (Å²) < 4.78 is 10.5. The molecule has 122 valence electrons. The van der Waals surface area contributed by atoms with Crippen LogP contribution in [0.4, 0.5) is 0 Å². The number of morpholine rings is 1. The van der Waals surface area contributed by atoms with Crippen LogP contribution in [0.25, 0.3) is 11.3 Å². The average molecular weight is 316 g/mol. The maximum Gasteiger partial charge on any atom is 0.257 e. The number of carbonyl (C=O) groups is 1. The van der Waals surface area contributed by atoms with Gasteiger partial charge in [-0.25, -0.2) is 0 Å². The van der Waals surface area contributed by atoms with Crippen molar-refractivity contribution in [2.24, 2.45) is 0 Å². The Morgan fingerprint density at radius 2 is 2.22 bits per heavy atom. The molecule has 3 heterocycles. The molecule has 0 aliphatic carbocycles. The molecule has 0 atom stereocenters. The summed E-state index contributed by atoms with van der Waals surface area (Å²) in [6.07, 6.45) is 3.35. The summed E-state index contributed by atoms with van der Waals surface area (Å²) in [5, 5.41) is 6.94. The Balaban J connectivity index is 1.64. The third kappa shape index (κ3) is 3.75. The van der Waals surface area contributed by atoms with Crippen LogP contribution in [-0.4, -0.2) is 60.3 Å². The second-order valence-corrected chi connectivity index (χ2v) is 5.41. The van der Waals surface area contributed by atoms with Crippen molar-refractivity contribution in [1.29, 1.82) is 0 Å². The number of pyridine rings is 1. The number of hydrogen-bond donors (Lipinski definition) is 1. The van der Waals surface area contributed by atoms with Crippen LogP contribution in [0.3, 0.4) is 0 Å². The predicted octanol–water partition coefficient (Wildman–Crippen LogP) is 1.11. The maximum absolute atomic E-state index is 12.5. The molecule has 2 aromatic rings. The number of rotatable bonds is 5. The molecule has 1 saturated heterocycles. The Morgan fingerprint density at radius 3 is 2.96 bits per heavy atom. The van der Waals surface area contributed by atoms with Crippen molar-refractivity contribution in [3.8, 4) is 11.3 Å². The summed E-state index contributed by atoms with van der Waals surface area (Å²) in [7, 11) is 0. The quantitative estimate of drug-likeness (QED) is 0.890. The number of aromatic nitrogens is 2. The molecule has 1 aliphatic rings. The van der Waals surface area contributed by atoms with Gasteiger partial charge in [-0.2, -0.15) is 0 Å². The molecule has 23 heavy (non-hydrogen) atoms. The van der Waals surface area contributed by atoms with E-state index in [1.807, 2.05) is 6.07 Å². The van der Waals surface area contributed by atoms with E-state index in [1.165, 1.54) is 0 Å². The van der Waals surface area contributed by atoms with Gasteiger partial charge in [-0.1, -0.05) is 5.16 Å². The van der Waals surface area contributed by atoms with Crippen LogP contribution < -0.4 is 5.32 Å². The number of nitrogens with one attached hydrogen (secondary N) is 1. The SMILES string of the molecule is Cc1onc(-c2cccnc2)c1C(=O)NCCN1CCOCC1. The van der Waals surface area contributed by atoms with Gasteiger partial charge in [-0.15, -0.1) is 0 Å². The van der Waals surface area contributed by atoms with E-state index in [4.69, 9.17) is 9.26 Å². The minimum atomic E-state index is -0.170. The Hall–Kier alpha value is -2.25. The molecule has 3 rings (SSSR count). The van der Waals surface area contributed by atoms with Crippen molar-refractivity contribution in [3.63, 3.8) is 0 Å². The fourth-order valence-electron chi connectivity index (χ4n) is 2.58. The van der Waals surface area contributed by atoms with Crippen LogP contribution >= 0.6 is 0 Å². The van der Waals surface area contributed by atoms with Crippen molar-refractivity contribution in [3.05, 3.63) is 35.9 Å². The highest BCUT2D eigenvalue weighted by Crippen LogP contribution is 2.24. The Kier molecular flexibility index (Phi) is 4.99. The van der Waals surface area contributed by atoms with Gasteiger partial charge in [0.25, 0.3) is 5.91 Å². The van der Waals surface area contributed by atoms with Crippen LogP contribution in [0.1, 0.15) is 16.1 Å². The van der Waals surface area contributed by atoms with Crippen molar-refractivity contribution in [2.45, 2.75) is 6.92 Å². The normalized spacial score (nSPS) is 15.5. The molecule has 7 heteroatoms. The van der Waals surface area contributed by atoms with Crippen molar-refractivity contribution < 1.29 is 14.1 Å². The van der Waals surface area contributed by atoms with E-state index >= 15 is 0 Å². The van der Waals surface area contributed by atoms with Crippen LogP contribution in [0, 0.1) is 6.92 Å². The first-order chi connectivity index (χ1) is 11.3. The first-order valence-corrected chi connectivity index (χ1v) is 7.70. The summed E-state index contributed by atoms with van der Waals surface area (Å²) in [5.74, 6) is 0.337. The summed E-state index contributed by atoms with van der Waals surface area (Å²) >= 11 is 0. The molecule has 7 nitrogen and oxygen atoms in total. The first-order valence-electron chi connectivity index (χ1n) is 7.70. The topological polar surface area (TPSA) is 80.5 Å². The molecule has 1 aliphatic heterocycles. The molecular weight excluding hydrogens is 296 g/mol. The molecule has 0 unspecified atom stereocenters. The van der Waals surface area contributed by atoms with E-state index < -0.39 is 0 Å². The third-order valence-corrected chi connectivity index (χ3v) is 3.84. The smallest absolute Gasteiger partial charge is 0.257 e. The lowest BCUT2D eigenvalue weighted by atomic mass is 10.1. The van der Waals surface area contributed by atoms with E-state index in [2.05, 4.69) is 20.4 Å². The number of aryl methyl sites for hydroxylation is 1. The number of nitrogens with zero attached hydrogens (tertiary/aromatic N) is 3. The van der Waals surface area contributed by atoms with Crippen LogP contribution in [-0.2, 0) is 4.74 Å². The summed E-state index contributed by atoms with van der Waals surface area (Å²) in [4.78, 5) is 18.8. The van der Waals surface area contributed by atoms with E-state index in [0.29, 0.717) is 23.6 Å². The molecular formula is C16H20N4O3. The van der Waals surface area contributed by atoms with Gasteiger partial charge in [0.2, 0.25) is 0 Å². The molecule has 2 aromatic heterocycles. The maximum atomic E-state index is 12.5. The highest BCUT2D eigenvalue weighted by atomic mass is 16.5. The lowest BCUT2D eigenvalue weighted by Gasteiger charge is -2.26. The van der Waals surface area contributed by atoms with E-state index in [1.54, 1.807) is 25.4 Å². The molecule has 1 fully saturated rings. The Bertz CT molecular complexity index is 651. The summed E-state index contributed by atoms with van der Waals surface area (Å²) in [6.45, 7) is 6.45. The van der Waals surface area contributed by atoms with Crippen LogP contribution in [0.15, 0.2) is 29.0 Å². The summed E-state index contributed by atoms with van der Waals surface area (Å²) in [5.41, 5.74) is 1.77. The molecule has 1 amide bonds. The molecule has 0 spiro atoms. The van der Waals surface area contributed by atoms with Gasteiger partial charge in [0.05, 0.1) is 13.2 Å². The van der Waals surface area contributed by atoms with Crippen molar-refractivity contribution in [1.82, 2.24) is 20.4 Å². The Morgan fingerprint density at radius 1 is 1.39 bits per heavy atom. The van der Waals surface area contributed by atoms with Gasteiger partial charge in [-0.05, 0) is 19.1 Å². The summed E-state index contributed by atoms with van der Waals surface area (Å²) in [6, 6.07) is 3.66. The highest BCUT2D eigenvalue weighted by Gasteiger charge is 2.21. The lowest BCUT2D eigenvalue weighted by Crippen LogP contribution is -2.41. The zero-order chi connectivity index (χ0) is 16.1. The minimum absolute atomic E-state index is 0.170. The molecule has 0 saturated carbocycles. The number of carbonyl (C=O) groups excluding carboxylic acids is 1. The van der Waals surface area contributed by atoms with Crippen LogP contribution in [0.5, 0.6) is 0 Å². The molecule has 0 aromatic carbocycles. The van der Waals surface area contributed by atoms with Gasteiger partial charge in [0, 0.05) is 44.1 Å². The molecule has 1 N–H and O–H groups in total. The van der Waals surface area contributed by atoms with E-state index in [-0.39, 0.29) is 5.91 Å². The standard InChI is InChI=1S/C16H20N4O3/c1-12-14(15(19-23-12)13-3-2-4-17-11-13)16(21)18-5-6-20-7-9-22-10-8-20/h2-4,11H,5-10H2,1H3,(H,18,21). The number of hydrogen-bond acceptors (Lipinski definition) is 6. The van der Waals surface area contributed by atoms with Gasteiger partial charge in [-0.3, -0.25) is 14.7 Å². The predicted molar refractivity (Wildman–Crippen MR) is 84.1 cm³/mol. The number of ether oxygens (including phenoxy) is 1. The number of amides is 1. The van der Waals surface area contributed by atoms with Gasteiger partial charge < -0.3 is 14.6 Å². The fraction of sp³-hybridized carbons (Fsp3) is 0.438. The van der Waals surface area contributed by atoms with E-state index in [9.17, 15) is 4.79 Å². The van der Waals surface area contributed by atoms with E-state index in [0.717, 1.165) is 38.4 Å². The second kappa shape index (κ2) is 7.34. The van der Waals surface area contributed by atoms with Crippen molar-refractivity contribution in [2.75, 3.05) is 39.4 Å². The average Bonchev–Trinajstić information content (AvgIpc) is 2.98. The van der Waals surface area contributed by atoms with Gasteiger partial charge in [0.1, 0.15) is 17.0 Å². The Labute approximate surface area is 134 Å². The highest BCUT2D eigenvalue weighted by molar-refractivity contribution is 6.00. The fourth-order valence-corrected chi connectivity index (χ4v) is 2.58. The zero-order valence-corrected chi connectivity index (χ0v) is 13.1. The monoisotopic (exact) mass is 316 g/mol. The van der Waals surface area contributed by atoms with Crippen molar-refractivity contribution >= 4 is 5.91 Å². The molecule has 0 bridgehead atoms. The minimum Gasteiger partial charge on any atom is -0.379 e. The largest absolute Gasteiger partial charge is 0.379 e. The van der Waals surface area contributed by atoms with Crippen LogP contribution in [0.2, 0.25) is 0 Å².